The number of hydrogen-bond donors (Lipinski definition) is 1. The molecular weight excluding hydrogens is 276 g/mol. The molecule has 2 N–H and O–H groups in total. The van der Waals surface area contributed by atoms with E-state index in [-0.39, 0.29) is 0 Å². The Hall–Kier alpha value is -0.380. The second-order valence-electron chi connectivity index (χ2n) is 5.25. The Morgan fingerprint density at radius 3 is 2.82 bits per heavy atom. The summed E-state index contributed by atoms with van der Waals surface area (Å²) < 4.78 is 1.16. The van der Waals surface area contributed by atoms with Gasteiger partial charge < -0.3 is 10.6 Å². The Bertz CT molecular complexity index is 361. The lowest BCUT2D eigenvalue weighted by molar-refractivity contribution is 0.210. The second kappa shape index (κ2) is 5.98. The van der Waals surface area contributed by atoms with Crippen LogP contribution >= 0.6 is 15.9 Å². The lowest BCUT2D eigenvalue weighted by Crippen LogP contribution is -2.37. The van der Waals surface area contributed by atoms with Crippen LogP contribution in [-0.4, -0.2) is 24.5 Å². The molecule has 0 bridgehead atoms. The van der Waals surface area contributed by atoms with Gasteiger partial charge >= 0.3 is 0 Å². The SMILES string of the molecule is CN(CCC1CC(N)C1)Cc1cccc(Br)c1. The molecule has 2 rings (SSSR count). The van der Waals surface area contributed by atoms with Crippen molar-refractivity contribution in [1.29, 1.82) is 0 Å². The van der Waals surface area contributed by atoms with E-state index in [1.807, 2.05) is 0 Å². The predicted molar refractivity (Wildman–Crippen MR) is 75.8 cm³/mol. The summed E-state index contributed by atoms with van der Waals surface area (Å²) in [5, 5.41) is 0. The normalized spacial score (nSPS) is 23.8. The fourth-order valence-electron chi connectivity index (χ4n) is 2.45. The summed E-state index contributed by atoms with van der Waals surface area (Å²) >= 11 is 3.51. The predicted octanol–water partition coefficient (Wildman–Crippen LogP) is 3.01. The van der Waals surface area contributed by atoms with Gasteiger partial charge in [-0.1, -0.05) is 28.1 Å². The first-order valence-electron chi connectivity index (χ1n) is 6.32. The number of nitrogens with zero attached hydrogens (tertiary/aromatic N) is 1. The van der Waals surface area contributed by atoms with Crippen LogP contribution in [-0.2, 0) is 6.54 Å². The van der Waals surface area contributed by atoms with E-state index in [2.05, 4.69) is 52.1 Å². The van der Waals surface area contributed by atoms with Crippen molar-refractivity contribution in [2.75, 3.05) is 13.6 Å². The standard InChI is InChI=1S/C14H21BrN2/c1-17(6-5-11-8-14(16)9-11)10-12-3-2-4-13(15)7-12/h2-4,7,11,14H,5-6,8-10,16H2,1H3. The van der Waals surface area contributed by atoms with E-state index in [0.29, 0.717) is 6.04 Å². The third-order valence-electron chi connectivity index (χ3n) is 3.53. The van der Waals surface area contributed by atoms with Crippen LogP contribution < -0.4 is 5.73 Å². The largest absolute Gasteiger partial charge is 0.328 e. The highest BCUT2D eigenvalue weighted by molar-refractivity contribution is 9.10. The third-order valence-corrected chi connectivity index (χ3v) is 4.03. The van der Waals surface area contributed by atoms with Crippen LogP contribution in [0.4, 0.5) is 0 Å². The molecule has 0 atom stereocenters. The second-order valence-corrected chi connectivity index (χ2v) is 6.17. The lowest BCUT2D eigenvalue weighted by Gasteiger charge is -2.33. The Morgan fingerprint density at radius 1 is 1.41 bits per heavy atom. The van der Waals surface area contributed by atoms with E-state index in [0.717, 1.165) is 16.9 Å². The zero-order chi connectivity index (χ0) is 12.3. The quantitative estimate of drug-likeness (QED) is 0.905. The molecule has 0 heterocycles. The first-order chi connectivity index (χ1) is 8.13. The zero-order valence-electron chi connectivity index (χ0n) is 10.4. The molecule has 2 nitrogen and oxygen atoms in total. The molecule has 1 aliphatic carbocycles. The van der Waals surface area contributed by atoms with E-state index < -0.39 is 0 Å². The fraction of sp³-hybridized carbons (Fsp3) is 0.571. The summed E-state index contributed by atoms with van der Waals surface area (Å²) in [4.78, 5) is 2.39. The van der Waals surface area contributed by atoms with Crippen molar-refractivity contribution < 1.29 is 0 Å². The third kappa shape index (κ3) is 4.09. The zero-order valence-corrected chi connectivity index (χ0v) is 12.0. The minimum absolute atomic E-state index is 0.482. The highest BCUT2D eigenvalue weighted by Gasteiger charge is 2.25. The van der Waals surface area contributed by atoms with Crippen LogP contribution in [0.3, 0.4) is 0 Å². The molecule has 0 aromatic heterocycles. The fourth-order valence-corrected chi connectivity index (χ4v) is 2.90. The van der Waals surface area contributed by atoms with Crippen molar-refractivity contribution in [3.8, 4) is 0 Å². The van der Waals surface area contributed by atoms with Crippen LogP contribution in [0.5, 0.6) is 0 Å². The van der Waals surface area contributed by atoms with Gasteiger partial charge in [-0.3, -0.25) is 0 Å². The van der Waals surface area contributed by atoms with E-state index in [1.165, 1.54) is 31.4 Å². The van der Waals surface area contributed by atoms with Crippen molar-refractivity contribution in [2.24, 2.45) is 11.7 Å². The monoisotopic (exact) mass is 296 g/mol. The number of benzene rings is 1. The molecule has 94 valence electrons. The Morgan fingerprint density at radius 2 is 2.18 bits per heavy atom. The van der Waals surface area contributed by atoms with Crippen molar-refractivity contribution in [1.82, 2.24) is 4.90 Å². The summed E-state index contributed by atoms with van der Waals surface area (Å²) in [5.41, 5.74) is 7.16. The van der Waals surface area contributed by atoms with E-state index in [1.54, 1.807) is 0 Å². The maximum atomic E-state index is 5.80. The minimum Gasteiger partial charge on any atom is -0.328 e. The topological polar surface area (TPSA) is 29.3 Å². The first kappa shape index (κ1) is 13.1. The van der Waals surface area contributed by atoms with Gasteiger partial charge in [0.05, 0.1) is 0 Å². The molecule has 0 amide bonds. The van der Waals surface area contributed by atoms with Crippen LogP contribution in [0.25, 0.3) is 0 Å². The molecule has 0 unspecified atom stereocenters. The van der Waals surface area contributed by atoms with Gasteiger partial charge in [-0.25, -0.2) is 0 Å². The highest BCUT2D eigenvalue weighted by atomic mass is 79.9. The molecule has 3 heteroatoms. The maximum absolute atomic E-state index is 5.80. The van der Waals surface area contributed by atoms with Gasteiger partial charge in [0.25, 0.3) is 0 Å². The van der Waals surface area contributed by atoms with Crippen LogP contribution in [0.1, 0.15) is 24.8 Å². The summed E-state index contributed by atoms with van der Waals surface area (Å²) in [5.74, 6) is 0.870. The smallest absolute Gasteiger partial charge is 0.0231 e. The van der Waals surface area contributed by atoms with Crippen molar-refractivity contribution >= 4 is 15.9 Å². The Kier molecular flexibility index (Phi) is 4.60. The average Bonchev–Trinajstić information content (AvgIpc) is 2.23. The molecule has 1 aromatic rings. The van der Waals surface area contributed by atoms with Gasteiger partial charge in [-0.15, -0.1) is 0 Å². The van der Waals surface area contributed by atoms with Gasteiger partial charge in [0.2, 0.25) is 0 Å². The van der Waals surface area contributed by atoms with E-state index in [9.17, 15) is 0 Å². The summed E-state index contributed by atoms with van der Waals surface area (Å²) in [7, 11) is 2.19. The molecule has 1 aromatic carbocycles. The Labute approximate surface area is 112 Å². The highest BCUT2D eigenvalue weighted by Crippen LogP contribution is 2.28. The van der Waals surface area contributed by atoms with Gasteiger partial charge in [0.15, 0.2) is 0 Å². The van der Waals surface area contributed by atoms with Crippen molar-refractivity contribution in [3.05, 3.63) is 34.3 Å². The maximum Gasteiger partial charge on any atom is 0.0231 e. The summed E-state index contributed by atoms with van der Waals surface area (Å²) in [6, 6.07) is 9.02. The molecule has 1 saturated carbocycles. The molecule has 0 radical (unpaired) electrons. The molecule has 1 aliphatic rings. The van der Waals surface area contributed by atoms with Gasteiger partial charge in [0, 0.05) is 17.1 Å². The minimum atomic E-state index is 0.482. The van der Waals surface area contributed by atoms with Gasteiger partial charge in [-0.2, -0.15) is 0 Å². The lowest BCUT2D eigenvalue weighted by atomic mass is 9.79. The summed E-state index contributed by atoms with van der Waals surface area (Å²) in [6.07, 6.45) is 3.74. The van der Waals surface area contributed by atoms with Crippen LogP contribution in [0, 0.1) is 5.92 Å². The average molecular weight is 297 g/mol. The molecule has 0 saturated heterocycles. The molecular formula is C14H21BrN2. The number of halogens is 1. The van der Waals surface area contributed by atoms with E-state index >= 15 is 0 Å². The molecule has 0 aliphatic heterocycles. The van der Waals surface area contributed by atoms with Crippen molar-refractivity contribution in [3.63, 3.8) is 0 Å². The van der Waals surface area contributed by atoms with Crippen LogP contribution in [0.2, 0.25) is 0 Å². The molecule has 0 spiro atoms. The molecule has 17 heavy (non-hydrogen) atoms. The van der Waals surface area contributed by atoms with Crippen LogP contribution in [0.15, 0.2) is 28.7 Å². The van der Waals surface area contributed by atoms with E-state index in [4.69, 9.17) is 5.73 Å². The number of nitrogens with two attached hydrogens (primary N) is 1. The van der Waals surface area contributed by atoms with Gasteiger partial charge in [0.1, 0.15) is 0 Å². The Balaban J connectivity index is 1.71. The summed E-state index contributed by atoms with van der Waals surface area (Å²) in [6.45, 7) is 2.20. The first-order valence-corrected chi connectivity index (χ1v) is 7.11. The number of hydrogen-bond acceptors (Lipinski definition) is 2. The van der Waals surface area contributed by atoms with Gasteiger partial charge in [-0.05, 0) is 56.5 Å². The molecule has 1 fully saturated rings. The van der Waals surface area contributed by atoms with Crippen molar-refractivity contribution in [2.45, 2.75) is 31.8 Å². The number of rotatable bonds is 5.